The molecule has 0 rings (SSSR count). The first-order valence-electron chi connectivity index (χ1n) is 7.03. The number of nitrogens with zero attached hydrogens (tertiary/aromatic N) is 1. The maximum absolute atomic E-state index is 5.39. The Morgan fingerprint density at radius 2 is 1.28 bits per heavy atom. The predicted molar refractivity (Wildman–Crippen MR) is 77.5 cm³/mol. The van der Waals surface area contributed by atoms with Crippen LogP contribution in [0.5, 0.6) is 0 Å². The molecule has 0 N–H and O–H groups in total. The van der Waals surface area contributed by atoms with Crippen LogP contribution in [0.1, 0.15) is 39.5 Å². The molecule has 0 aliphatic heterocycles. The van der Waals surface area contributed by atoms with Crippen LogP contribution >= 0.6 is 0 Å². The summed E-state index contributed by atoms with van der Waals surface area (Å²) in [4.78, 5) is 2.21. The van der Waals surface area contributed by atoms with Gasteiger partial charge in [0.05, 0.1) is 25.7 Å². The predicted octanol–water partition coefficient (Wildman–Crippen LogP) is 3.58. The highest BCUT2D eigenvalue weighted by atomic mass is 16.5. The van der Waals surface area contributed by atoms with Crippen LogP contribution in [0, 0.1) is 0 Å². The zero-order valence-corrected chi connectivity index (χ0v) is 12.2. The second-order valence-electron chi connectivity index (χ2n) is 4.37. The summed E-state index contributed by atoms with van der Waals surface area (Å²) in [6.45, 7) is 7.65. The average Bonchev–Trinajstić information content (AvgIpc) is 2.38. The van der Waals surface area contributed by atoms with E-state index in [-0.39, 0.29) is 0 Å². The van der Waals surface area contributed by atoms with Crippen LogP contribution in [0.2, 0.25) is 0 Å². The first-order valence-corrected chi connectivity index (χ1v) is 7.03. The summed E-state index contributed by atoms with van der Waals surface area (Å²) >= 11 is 0. The van der Waals surface area contributed by atoms with E-state index in [1.165, 1.54) is 12.8 Å². The van der Waals surface area contributed by atoms with Crippen molar-refractivity contribution in [3.63, 3.8) is 0 Å². The van der Waals surface area contributed by atoms with E-state index in [0.29, 0.717) is 0 Å². The van der Waals surface area contributed by atoms with Crippen molar-refractivity contribution in [3.8, 4) is 0 Å². The highest BCUT2D eigenvalue weighted by Gasteiger charge is 1.96. The van der Waals surface area contributed by atoms with Crippen LogP contribution in [0.4, 0.5) is 0 Å². The van der Waals surface area contributed by atoms with Gasteiger partial charge < -0.3 is 9.47 Å². The lowest BCUT2D eigenvalue weighted by Crippen LogP contribution is -2.26. The molecule has 0 heterocycles. The smallest absolute Gasteiger partial charge is 0.0999 e. The summed E-state index contributed by atoms with van der Waals surface area (Å²) in [5, 5.41) is 0. The van der Waals surface area contributed by atoms with Crippen molar-refractivity contribution < 1.29 is 9.47 Å². The maximum Gasteiger partial charge on any atom is 0.0999 e. The largest absolute Gasteiger partial charge is 0.500 e. The fourth-order valence-corrected chi connectivity index (χ4v) is 1.27. The zero-order valence-electron chi connectivity index (χ0n) is 12.2. The van der Waals surface area contributed by atoms with Crippen LogP contribution in [-0.2, 0) is 9.47 Å². The Labute approximate surface area is 112 Å². The molecule has 0 amide bonds. The van der Waals surface area contributed by atoms with Crippen molar-refractivity contribution in [2.45, 2.75) is 39.5 Å². The normalized spacial score (nSPS) is 11.8. The second kappa shape index (κ2) is 14.1. The first-order chi connectivity index (χ1) is 8.81. The van der Waals surface area contributed by atoms with Crippen LogP contribution < -0.4 is 0 Å². The molecule has 0 aromatic heterocycles. The third-order valence-electron chi connectivity index (χ3n) is 2.48. The SMILES string of the molecule is CCCC=COCCN(C)CCOC=CCCC. The molecule has 106 valence electrons. The quantitative estimate of drug-likeness (QED) is 0.393. The van der Waals surface area contributed by atoms with E-state index in [4.69, 9.17) is 9.47 Å². The third-order valence-corrected chi connectivity index (χ3v) is 2.48. The molecule has 0 aromatic rings. The van der Waals surface area contributed by atoms with Gasteiger partial charge in [-0.1, -0.05) is 26.7 Å². The summed E-state index contributed by atoms with van der Waals surface area (Å²) in [5.41, 5.74) is 0. The minimum absolute atomic E-state index is 0.738. The van der Waals surface area contributed by atoms with Gasteiger partial charge in [0.1, 0.15) is 0 Å². The van der Waals surface area contributed by atoms with Gasteiger partial charge in [-0.15, -0.1) is 0 Å². The lowest BCUT2D eigenvalue weighted by molar-refractivity contribution is 0.161. The maximum atomic E-state index is 5.39. The summed E-state index contributed by atoms with van der Waals surface area (Å²) in [6.07, 6.45) is 12.3. The molecule has 0 atom stereocenters. The number of ether oxygens (including phenoxy) is 2. The number of likely N-dealkylation sites (N-methyl/N-ethyl adjacent to an activating group) is 1. The van der Waals surface area contributed by atoms with E-state index in [2.05, 4.69) is 37.9 Å². The van der Waals surface area contributed by atoms with Crippen LogP contribution in [0.3, 0.4) is 0 Å². The van der Waals surface area contributed by atoms with E-state index in [9.17, 15) is 0 Å². The molecule has 0 spiro atoms. The molecule has 0 saturated heterocycles. The van der Waals surface area contributed by atoms with Crippen LogP contribution in [0.25, 0.3) is 0 Å². The second-order valence-corrected chi connectivity index (χ2v) is 4.37. The number of rotatable bonds is 12. The molecule has 0 saturated carbocycles. The van der Waals surface area contributed by atoms with E-state index in [1.54, 1.807) is 12.5 Å². The Balaban J connectivity index is 3.29. The summed E-state index contributed by atoms with van der Waals surface area (Å²) in [7, 11) is 2.08. The van der Waals surface area contributed by atoms with Gasteiger partial charge in [-0.2, -0.15) is 0 Å². The van der Waals surface area contributed by atoms with Crippen LogP contribution in [-0.4, -0.2) is 38.3 Å². The molecule has 18 heavy (non-hydrogen) atoms. The van der Waals surface area contributed by atoms with Gasteiger partial charge in [-0.3, -0.25) is 4.90 Å². The highest BCUT2D eigenvalue weighted by Crippen LogP contribution is 1.91. The monoisotopic (exact) mass is 255 g/mol. The summed E-state index contributed by atoms with van der Waals surface area (Å²) in [6, 6.07) is 0. The number of hydrogen-bond acceptors (Lipinski definition) is 3. The molecule has 0 aliphatic rings. The minimum Gasteiger partial charge on any atom is -0.500 e. The third kappa shape index (κ3) is 13.1. The lowest BCUT2D eigenvalue weighted by Gasteiger charge is -2.15. The zero-order chi connectivity index (χ0) is 13.5. The Morgan fingerprint density at radius 1 is 0.833 bits per heavy atom. The van der Waals surface area contributed by atoms with Gasteiger partial charge in [0, 0.05) is 13.1 Å². The van der Waals surface area contributed by atoms with Gasteiger partial charge in [0.25, 0.3) is 0 Å². The van der Waals surface area contributed by atoms with Crippen molar-refractivity contribution >= 4 is 0 Å². The fourth-order valence-electron chi connectivity index (χ4n) is 1.27. The molecule has 3 nitrogen and oxygen atoms in total. The first kappa shape index (κ1) is 17.0. The summed E-state index contributed by atoms with van der Waals surface area (Å²) < 4.78 is 10.8. The van der Waals surface area contributed by atoms with Gasteiger partial charge in [0.15, 0.2) is 0 Å². The molecular formula is C15H29NO2. The molecule has 3 heteroatoms. The minimum atomic E-state index is 0.738. The molecule has 0 unspecified atom stereocenters. The van der Waals surface area contributed by atoms with Gasteiger partial charge in [-0.05, 0) is 32.0 Å². The molecule has 0 fully saturated rings. The molecule has 0 aromatic carbocycles. The van der Waals surface area contributed by atoms with Gasteiger partial charge >= 0.3 is 0 Å². The van der Waals surface area contributed by atoms with Crippen LogP contribution in [0.15, 0.2) is 24.7 Å². The summed E-state index contributed by atoms with van der Waals surface area (Å²) in [5.74, 6) is 0. The Bertz CT molecular complexity index is 193. The Kier molecular flexibility index (Phi) is 13.4. The van der Waals surface area contributed by atoms with E-state index >= 15 is 0 Å². The van der Waals surface area contributed by atoms with Gasteiger partial charge in [0.2, 0.25) is 0 Å². The molecular weight excluding hydrogens is 226 g/mol. The van der Waals surface area contributed by atoms with E-state index < -0.39 is 0 Å². The van der Waals surface area contributed by atoms with Crippen molar-refractivity contribution in [1.82, 2.24) is 4.90 Å². The Morgan fingerprint density at radius 3 is 1.67 bits per heavy atom. The van der Waals surface area contributed by atoms with Crippen molar-refractivity contribution in [3.05, 3.63) is 24.7 Å². The van der Waals surface area contributed by atoms with Crippen molar-refractivity contribution in [2.24, 2.45) is 0 Å². The molecule has 0 aliphatic carbocycles. The lowest BCUT2D eigenvalue weighted by atomic mass is 10.3. The molecule has 0 radical (unpaired) electrons. The number of hydrogen-bond donors (Lipinski definition) is 0. The highest BCUT2D eigenvalue weighted by molar-refractivity contribution is 4.73. The Hall–Kier alpha value is -0.960. The van der Waals surface area contributed by atoms with Crippen molar-refractivity contribution in [2.75, 3.05) is 33.4 Å². The van der Waals surface area contributed by atoms with Gasteiger partial charge in [-0.25, -0.2) is 0 Å². The molecule has 0 bridgehead atoms. The number of allylic oxidation sites excluding steroid dienone is 2. The fraction of sp³-hybridized carbons (Fsp3) is 0.733. The number of unbranched alkanes of at least 4 members (excludes halogenated alkanes) is 2. The van der Waals surface area contributed by atoms with E-state index in [0.717, 1.165) is 39.1 Å². The van der Waals surface area contributed by atoms with E-state index in [1.807, 2.05) is 0 Å². The average molecular weight is 255 g/mol. The van der Waals surface area contributed by atoms with Crippen molar-refractivity contribution in [1.29, 1.82) is 0 Å². The topological polar surface area (TPSA) is 21.7 Å². The standard InChI is InChI=1S/C15H29NO2/c1-4-6-8-12-17-14-10-16(3)11-15-18-13-9-7-5-2/h8-9,12-13H,4-7,10-11,14-15H2,1-3H3.